The van der Waals surface area contributed by atoms with Gasteiger partial charge in [0, 0.05) is 50.3 Å². The first-order valence-corrected chi connectivity index (χ1v) is 11.6. The molecule has 0 bridgehead atoms. The summed E-state index contributed by atoms with van der Waals surface area (Å²) in [7, 11) is 0. The maximum absolute atomic E-state index is 13.6. The number of hydrogen-bond donors (Lipinski definition) is 7. The van der Waals surface area contributed by atoms with E-state index < -0.39 is 5.78 Å². The monoisotopic (exact) mass is 485 g/mol. The molecule has 0 saturated heterocycles. The van der Waals surface area contributed by atoms with E-state index in [9.17, 15) is 25.2 Å². The van der Waals surface area contributed by atoms with E-state index in [2.05, 4.69) is 10.6 Å². The van der Waals surface area contributed by atoms with E-state index in [1.807, 2.05) is 11.0 Å². The van der Waals surface area contributed by atoms with Gasteiger partial charge in [-0.25, -0.2) is 0 Å². The van der Waals surface area contributed by atoms with Crippen molar-refractivity contribution in [2.45, 2.75) is 6.54 Å². The lowest BCUT2D eigenvalue weighted by Gasteiger charge is -2.22. The first-order valence-electron chi connectivity index (χ1n) is 11.6. The molecule has 1 aromatic heterocycles. The van der Waals surface area contributed by atoms with Gasteiger partial charge in [0.25, 0.3) is 0 Å². The topological polar surface area (TPSA) is 163 Å². The van der Waals surface area contributed by atoms with Crippen LogP contribution in [0.5, 0.6) is 11.5 Å². The number of carbonyl (C=O) groups excluding carboxylic acids is 1. The predicted molar refractivity (Wildman–Crippen MR) is 131 cm³/mol. The van der Waals surface area contributed by atoms with Gasteiger partial charge in [-0.3, -0.25) is 14.4 Å². The van der Waals surface area contributed by atoms with E-state index in [0.717, 1.165) is 5.52 Å². The summed E-state index contributed by atoms with van der Waals surface area (Å²) in [6, 6.07) is 6.30. The molecule has 0 atom stereocenters. The fraction of sp³-hybridized carbons (Fsp3) is 0.417. The van der Waals surface area contributed by atoms with Gasteiger partial charge in [0.15, 0.2) is 5.78 Å². The number of aromatic nitrogens is 2. The van der Waals surface area contributed by atoms with E-state index in [1.54, 1.807) is 10.7 Å². The highest BCUT2D eigenvalue weighted by atomic mass is 16.3. The Balaban J connectivity index is 1.74. The molecule has 2 aromatic carbocycles. The fourth-order valence-electron chi connectivity index (χ4n) is 4.53. The molecule has 4 rings (SSSR count). The molecule has 0 unspecified atom stereocenters. The number of phenolic OH excluding ortho intramolecular Hbond substituents is 2. The van der Waals surface area contributed by atoms with Crippen molar-refractivity contribution in [2.24, 2.45) is 0 Å². The van der Waals surface area contributed by atoms with Crippen molar-refractivity contribution in [2.75, 3.05) is 64.4 Å². The quantitative estimate of drug-likeness (QED) is 0.101. The van der Waals surface area contributed by atoms with E-state index in [-0.39, 0.29) is 42.4 Å². The van der Waals surface area contributed by atoms with E-state index >= 15 is 0 Å². The van der Waals surface area contributed by atoms with Crippen LogP contribution in [0.2, 0.25) is 0 Å². The molecular formula is C24H31N5O6. The molecule has 0 radical (unpaired) electrons. The van der Waals surface area contributed by atoms with Gasteiger partial charge in [-0.15, -0.1) is 0 Å². The number of phenols is 2. The van der Waals surface area contributed by atoms with Crippen LogP contribution in [-0.2, 0) is 6.54 Å². The van der Waals surface area contributed by atoms with Gasteiger partial charge in [-0.2, -0.15) is 5.10 Å². The van der Waals surface area contributed by atoms with Crippen molar-refractivity contribution in [3.63, 3.8) is 0 Å². The van der Waals surface area contributed by atoms with E-state index in [0.29, 0.717) is 68.1 Å². The van der Waals surface area contributed by atoms with E-state index in [1.165, 1.54) is 12.1 Å². The number of aliphatic hydroxyl groups is 3. The third kappa shape index (κ3) is 4.81. The lowest BCUT2D eigenvalue weighted by Crippen LogP contribution is -2.34. The number of aliphatic hydroxyl groups excluding tert-OH is 3. The molecule has 3 aromatic rings. The summed E-state index contributed by atoms with van der Waals surface area (Å²) in [4.78, 5) is 15.5. The van der Waals surface area contributed by atoms with Gasteiger partial charge >= 0.3 is 0 Å². The molecule has 1 aliphatic carbocycles. The molecule has 188 valence electrons. The normalized spacial score (nSPS) is 12.5. The molecule has 0 fully saturated rings. The minimum atomic E-state index is -0.408. The van der Waals surface area contributed by atoms with Crippen molar-refractivity contribution in [3.8, 4) is 22.8 Å². The molecule has 0 spiro atoms. The highest BCUT2D eigenvalue weighted by Crippen LogP contribution is 2.47. The number of carbonyl (C=O) groups is 1. The number of hydrogen-bond acceptors (Lipinski definition) is 10. The molecule has 0 saturated carbocycles. The lowest BCUT2D eigenvalue weighted by molar-refractivity contribution is 0.103. The van der Waals surface area contributed by atoms with Crippen LogP contribution in [-0.4, -0.2) is 105 Å². The number of nitrogens with one attached hydrogen (secondary N) is 2. The zero-order valence-corrected chi connectivity index (χ0v) is 19.4. The van der Waals surface area contributed by atoms with Crippen LogP contribution in [0.15, 0.2) is 24.3 Å². The Bertz CT molecular complexity index is 1210. The van der Waals surface area contributed by atoms with Gasteiger partial charge in [-0.1, -0.05) is 0 Å². The second kappa shape index (κ2) is 11.0. The standard InChI is InChI=1S/C24H31N5O6/c30-12-7-25-5-9-29-16-2-1-15(26-6-8-28(10-13-31)11-14-32)19-20(16)23(27-29)21-17(33)3-4-18(34)22(21)24(19)35/h1-4,25-26,30-34H,5-14H2. The molecule has 0 amide bonds. The van der Waals surface area contributed by atoms with Gasteiger partial charge < -0.3 is 36.2 Å². The summed E-state index contributed by atoms with van der Waals surface area (Å²) in [6.07, 6.45) is 0. The first-order chi connectivity index (χ1) is 17.0. The molecule has 1 aliphatic rings. The van der Waals surface area contributed by atoms with Gasteiger partial charge in [0.05, 0.1) is 48.6 Å². The minimum absolute atomic E-state index is 0.0129. The van der Waals surface area contributed by atoms with Crippen molar-refractivity contribution < 1.29 is 30.3 Å². The summed E-state index contributed by atoms with van der Waals surface area (Å²) in [5, 5.41) is 60.3. The third-order valence-electron chi connectivity index (χ3n) is 6.14. The largest absolute Gasteiger partial charge is 0.507 e. The zero-order valence-electron chi connectivity index (χ0n) is 19.4. The Labute approximate surface area is 202 Å². The second-order valence-corrected chi connectivity index (χ2v) is 8.33. The van der Waals surface area contributed by atoms with Crippen LogP contribution in [0.3, 0.4) is 0 Å². The minimum Gasteiger partial charge on any atom is -0.507 e. The predicted octanol–water partition coefficient (Wildman–Crippen LogP) is -0.0607. The summed E-state index contributed by atoms with van der Waals surface area (Å²) in [5.41, 5.74) is 2.31. The maximum Gasteiger partial charge on any atom is 0.200 e. The summed E-state index contributed by atoms with van der Waals surface area (Å²) >= 11 is 0. The number of nitrogens with zero attached hydrogens (tertiary/aromatic N) is 3. The molecule has 7 N–H and O–H groups in total. The second-order valence-electron chi connectivity index (χ2n) is 8.33. The van der Waals surface area contributed by atoms with Crippen LogP contribution in [0.4, 0.5) is 5.69 Å². The first kappa shape index (κ1) is 24.9. The number of aromatic hydroxyl groups is 2. The van der Waals surface area contributed by atoms with Crippen LogP contribution < -0.4 is 10.6 Å². The lowest BCUT2D eigenvalue weighted by atomic mass is 9.85. The van der Waals surface area contributed by atoms with Crippen molar-refractivity contribution in [3.05, 3.63) is 35.4 Å². The molecule has 11 nitrogen and oxygen atoms in total. The smallest absolute Gasteiger partial charge is 0.200 e. The van der Waals surface area contributed by atoms with Gasteiger partial charge in [0.2, 0.25) is 0 Å². The summed E-state index contributed by atoms with van der Waals surface area (Å²) < 4.78 is 1.75. The van der Waals surface area contributed by atoms with Crippen molar-refractivity contribution >= 4 is 22.4 Å². The summed E-state index contributed by atoms with van der Waals surface area (Å²) in [6.45, 7) is 3.29. The van der Waals surface area contributed by atoms with Gasteiger partial charge in [0.1, 0.15) is 17.2 Å². The van der Waals surface area contributed by atoms with Crippen molar-refractivity contribution in [1.29, 1.82) is 0 Å². The number of anilines is 1. The Kier molecular flexibility index (Phi) is 7.83. The van der Waals surface area contributed by atoms with Crippen molar-refractivity contribution in [1.82, 2.24) is 20.0 Å². The molecule has 0 aliphatic heterocycles. The number of ketones is 1. The number of rotatable bonds is 13. The van der Waals surface area contributed by atoms with Crippen LogP contribution in [0.25, 0.3) is 22.2 Å². The number of fused-ring (bicyclic) bond motifs is 2. The number of benzene rings is 2. The Morgan fingerprint density at radius 3 is 2.23 bits per heavy atom. The van der Waals surface area contributed by atoms with Crippen LogP contribution in [0, 0.1) is 0 Å². The Hall–Kier alpha value is -3.22. The highest BCUT2D eigenvalue weighted by molar-refractivity contribution is 6.29. The SMILES string of the molecule is O=C1c2c(O)ccc(O)c2-c2nn(CCNCCO)c3ccc(NCCN(CCO)CCO)c1c23. The van der Waals surface area contributed by atoms with Crippen LogP contribution in [0.1, 0.15) is 15.9 Å². The molecule has 1 heterocycles. The van der Waals surface area contributed by atoms with Gasteiger partial charge in [-0.05, 0) is 24.3 Å². The third-order valence-corrected chi connectivity index (χ3v) is 6.14. The average molecular weight is 486 g/mol. The zero-order chi connectivity index (χ0) is 24.9. The summed E-state index contributed by atoms with van der Waals surface area (Å²) in [5.74, 6) is -0.772. The van der Waals surface area contributed by atoms with Crippen LogP contribution >= 0.6 is 0 Å². The van der Waals surface area contributed by atoms with E-state index in [4.69, 9.17) is 10.2 Å². The fourth-order valence-corrected chi connectivity index (χ4v) is 4.53. The average Bonchev–Trinajstić information content (AvgIpc) is 3.21. The Morgan fingerprint density at radius 1 is 0.829 bits per heavy atom. The Morgan fingerprint density at radius 2 is 1.54 bits per heavy atom. The maximum atomic E-state index is 13.6. The molecule has 11 heteroatoms. The highest BCUT2D eigenvalue weighted by Gasteiger charge is 2.35. The molecule has 35 heavy (non-hydrogen) atoms. The molecular weight excluding hydrogens is 454 g/mol.